The zero-order valence-corrected chi connectivity index (χ0v) is 17.5. The Bertz CT molecular complexity index is 997. The maximum absolute atomic E-state index is 12.7. The van der Waals surface area contributed by atoms with Crippen molar-refractivity contribution in [2.45, 2.75) is 20.8 Å². The molecule has 0 aliphatic carbocycles. The average molecular weight is 429 g/mol. The van der Waals surface area contributed by atoms with E-state index in [0.29, 0.717) is 16.8 Å². The van der Waals surface area contributed by atoms with E-state index in [4.69, 9.17) is 4.74 Å². The Morgan fingerprint density at radius 2 is 1.78 bits per heavy atom. The minimum atomic E-state index is -0.502. The molecule has 0 N–H and O–H groups in total. The number of nitrogens with zero attached hydrogens (tertiary/aromatic N) is 2. The number of carbonyl (C=O) groups is 2. The quantitative estimate of drug-likeness (QED) is 0.544. The van der Waals surface area contributed by atoms with E-state index in [0.717, 1.165) is 27.1 Å². The lowest BCUT2D eigenvalue weighted by Crippen LogP contribution is -2.19. The molecule has 0 saturated heterocycles. The Hall–Kier alpha value is -2.60. The predicted molar refractivity (Wildman–Crippen MR) is 108 cm³/mol. The molecule has 1 aromatic heterocycles. The summed E-state index contributed by atoms with van der Waals surface area (Å²) in [6.45, 7) is 5.76. The van der Waals surface area contributed by atoms with Gasteiger partial charge < -0.3 is 14.2 Å². The van der Waals surface area contributed by atoms with Crippen molar-refractivity contribution in [1.29, 1.82) is 0 Å². The Balaban J connectivity index is 2.12. The van der Waals surface area contributed by atoms with Crippen LogP contribution in [0, 0.1) is 13.8 Å². The number of aromatic nitrogens is 1. The molecule has 1 aliphatic rings. The van der Waals surface area contributed by atoms with Gasteiger partial charge in [-0.15, -0.1) is 0 Å². The van der Waals surface area contributed by atoms with Gasteiger partial charge in [-0.2, -0.15) is 0 Å². The van der Waals surface area contributed by atoms with Gasteiger partial charge in [0.1, 0.15) is 0 Å². The first-order chi connectivity index (χ1) is 12.8. The molecule has 1 aromatic carbocycles. The van der Waals surface area contributed by atoms with Crippen molar-refractivity contribution in [3.63, 3.8) is 0 Å². The predicted octanol–water partition coefficient (Wildman–Crippen LogP) is 4.16. The van der Waals surface area contributed by atoms with E-state index < -0.39 is 5.97 Å². The molecule has 0 fully saturated rings. The molecule has 2 heterocycles. The monoisotopic (exact) mass is 428 g/mol. The fourth-order valence-corrected chi connectivity index (χ4v) is 3.64. The van der Waals surface area contributed by atoms with Crippen LogP contribution in [-0.2, 0) is 14.3 Å². The fraction of sp³-hybridized carbons (Fsp3) is 0.238. The van der Waals surface area contributed by atoms with Crippen molar-refractivity contribution >= 4 is 33.9 Å². The van der Waals surface area contributed by atoms with Gasteiger partial charge in [-0.25, -0.2) is 4.79 Å². The molecule has 27 heavy (non-hydrogen) atoms. The molecular weight excluding hydrogens is 408 g/mol. The van der Waals surface area contributed by atoms with Gasteiger partial charge in [-0.1, -0.05) is 15.9 Å². The normalized spacial score (nSPS) is 15.9. The minimum absolute atomic E-state index is 0.207. The first kappa shape index (κ1) is 19.2. The van der Waals surface area contributed by atoms with Gasteiger partial charge in [0.2, 0.25) is 0 Å². The first-order valence-corrected chi connectivity index (χ1v) is 9.29. The summed E-state index contributed by atoms with van der Waals surface area (Å²) in [4.78, 5) is 26.4. The summed E-state index contributed by atoms with van der Waals surface area (Å²) in [5.74, 6) is -0.709. The lowest BCUT2D eigenvalue weighted by Gasteiger charge is -2.10. The fourth-order valence-electron chi connectivity index (χ4n) is 3.37. The summed E-state index contributed by atoms with van der Waals surface area (Å²) in [5, 5.41) is 0. The molecule has 1 amide bonds. The highest BCUT2D eigenvalue weighted by Gasteiger charge is 2.35. The summed E-state index contributed by atoms with van der Waals surface area (Å²) in [7, 11) is 2.98. The number of allylic oxidation sites excluding steroid dienone is 1. The van der Waals surface area contributed by atoms with E-state index in [1.54, 1.807) is 20.0 Å². The van der Waals surface area contributed by atoms with E-state index in [-0.39, 0.29) is 5.91 Å². The van der Waals surface area contributed by atoms with Gasteiger partial charge in [0.05, 0.1) is 18.3 Å². The lowest BCUT2D eigenvalue weighted by atomic mass is 10.0. The molecule has 0 spiro atoms. The highest BCUT2D eigenvalue weighted by molar-refractivity contribution is 9.10. The summed E-state index contributed by atoms with van der Waals surface area (Å²) >= 11 is 3.45. The van der Waals surface area contributed by atoms with Gasteiger partial charge in [-0.05, 0) is 62.7 Å². The molecule has 0 unspecified atom stereocenters. The highest BCUT2D eigenvalue weighted by Crippen LogP contribution is 2.32. The Kier molecular flexibility index (Phi) is 5.11. The number of hydrogen-bond acceptors (Lipinski definition) is 3. The second-order valence-corrected chi connectivity index (χ2v) is 7.43. The SMILES string of the molecule is COC(=O)C1=C(C)N(C)C(=O)C1=Cc1cc(C)n(-c2ccc(Br)cc2)c1C. The van der Waals surface area contributed by atoms with Gasteiger partial charge in [-0.3, -0.25) is 4.79 Å². The molecule has 0 saturated carbocycles. The molecular formula is C21H21BrN2O3. The minimum Gasteiger partial charge on any atom is -0.465 e. The number of benzene rings is 1. The molecule has 6 heteroatoms. The van der Waals surface area contributed by atoms with Crippen molar-refractivity contribution < 1.29 is 14.3 Å². The third-order valence-electron chi connectivity index (χ3n) is 4.91. The molecule has 0 atom stereocenters. The third kappa shape index (κ3) is 3.25. The van der Waals surface area contributed by atoms with Gasteiger partial charge in [0, 0.05) is 34.3 Å². The molecule has 0 bridgehead atoms. The second kappa shape index (κ2) is 7.19. The van der Waals surface area contributed by atoms with Crippen molar-refractivity contribution in [2.75, 3.05) is 14.2 Å². The van der Waals surface area contributed by atoms with Crippen LogP contribution < -0.4 is 0 Å². The van der Waals surface area contributed by atoms with Crippen LogP contribution in [0.15, 0.2) is 51.6 Å². The van der Waals surface area contributed by atoms with Crippen LogP contribution in [0.5, 0.6) is 0 Å². The van der Waals surface area contributed by atoms with Crippen molar-refractivity contribution in [2.24, 2.45) is 0 Å². The van der Waals surface area contributed by atoms with Gasteiger partial charge >= 0.3 is 5.97 Å². The molecule has 1 aliphatic heterocycles. The Morgan fingerprint density at radius 1 is 1.15 bits per heavy atom. The van der Waals surface area contributed by atoms with Crippen LogP contribution >= 0.6 is 15.9 Å². The van der Waals surface area contributed by atoms with Crippen LogP contribution in [0.2, 0.25) is 0 Å². The van der Waals surface area contributed by atoms with Crippen molar-refractivity contribution in [3.05, 3.63) is 68.6 Å². The summed E-state index contributed by atoms with van der Waals surface area (Å²) in [5.41, 5.74) is 5.24. The number of likely N-dealkylation sites (N-methyl/N-ethyl adjacent to an activating group) is 1. The number of esters is 1. The van der Waals surface area contributed by atoms with Crippen LogP contribution in [0.4, 0.5) is 0 Å². The Labute approximate surface area is 167 Å². The number of rotatable bonds is 3. The second-order valence-electron chi connectivity index (χ2n) is 6.51. The van der Waals surface area contributed by atoms with Gasteiger partial charge in [0.15, 0.2) is 0 Å². The molecule has 2 aromatic rings. The summed E-state index contributed by atoms with van der Waals surface area (Å²) in [6.07, 6.45) is 1.78. The average Bonchev–Trinajstić information content (AvgIpc) is 3.04. The zero-order valence-electron chi connectivity index (χ0n) is 16.0. The molecule has 0 radical (unpaired) electrons. The zero-order chi connectivity index (χ0) is 19.9. The molecule has 140 valence electrons. The standard InChI is InChI=1S/C21H21BrN2O3/c1-12-10-15(13(2)24(12)17-8-6-16(22)7-9-17)11-18-19(21(26)27-5)14(3)23(4)20(18)25/h6-11H,1-5H3. The largest absolute Gasteiger partial charge is 0.465 e. The van der Waals surface area contributed by atoms with Crippen LogP contribution in [0.3, 0.4) is 0 Å². The van der Waals surface area contributed by atoms with Crippen molar-refractivity contribution in [3.8, 4) is 5.69 Å². The number of carbonyl (C=O) groups excluding carboxylic acids is 2. The number of amides is 1. The number of halogens is 1. The summed E-state index contributed by atoms with van der Waals surface area (Å²) < 4.78 is 8.02. The molecule has 5 nitrogen and oxygen atoms in total. The van der Waals surface area contributed by atoms with E-state index >= 15 is 0 Å². The van der Waals surface area contributed by atoms with E-state index in [1.165, 1.54) is 12.0 Å². The van der Waals surface area contributed by atoms with Gasteiger partial charge in [0.25, 0.3) is 5.91 Å². The van der Waals surface area contributed by atoms with Crippen LogP contribution in [0.1, 0.15) is 23.9 Å². The first-order valence-electron chi connectivity index (χ1n) is 8.50. The molecule has 3 rings (SSSR count). The van der Waals surface area contributed by atoms with E-state index in [9.17, 15) is 9.59 Å². The topological polar surface area (TPSA) is 51.5 Å². The third-order valence-corrected chi connectivity index (χ3v) is 5.44. The number of ether oxygens (including phenoxy) is 1. The highest BCUT2D eigenvalue weighted by atomic mass is 79.9. The number of hydrogen-bond donors (Lipinski definition) is 0. The lowest BCUT2D eigenvalue weighted by molar-refractivity contribution is -0.136. The smallest absolute Gasteiger partial charge is 0.340 e. The van der Waals surface area contributed by atoms with Crippen molar-refractivity contribution in [1.82, 2.24) is 9.47 Å². The van der Waals surface area contributed by atoms with Crippen LogP contribution in [-0.4, -0.2) is 35.5 Å². The maximum atomic E-state index is 12.7. The van der Waals surface area contributed by atoms with Crippen LogP contribution in [0.25, 0.3) is 11.8 Å². The van der Waals surface area contributed by atoms with E-state index in [2.05, 4.69) is 20.5 Å². The Morgan fingerprint density at radius 3 is 2.37 bits per heavy atom. The summed E-state index contributed by atoms with van der Waals surface area (Å²) in [6, 6.07) is 10.0. The number of methoxy groups -OCH3 is 1. The number of aryl methyl sites for hydroxylation is 1. The maximum Gasteiger partial charge on any atom is 0.340 e. The van der Waals surface area contributed by atoms with E-state index in [1.807, 2.05) is 44.2 Å².